The fraction of sp³-hybridized carbons (Fsp3) is 0.692. The molecule has 0 radical (unpaired) electrons. The van der Waals surface area contributed by atoms with Gasteiger partial charge in [-0.2, -0.15) is 5.10 Å². The maximum absolute atomic E-state index is 12.4. The summed E-state index contributed by atoms with van der Waals surface area (Å²) in [6.07, 6.45) is 2.08. The van der Waals surface area contributed by atoms with Gasteiger partial charge in [-0.05, 0) is 14.1 Å². The van der Waals surface area contributed by atoms with Crippen LogP contribution >= 0.6 is 0 Å². The summed E-state index contributed by atoms with van der Waals surface area (Å²) in [6.45, 7) is 2.97. The highest BCUT2D eigenvalue weighted by molar-refractivity contribution is 5.97. The van der Waals surface area contributed by atoms with Crippen LogP contribution in [-0.2, 0) is 7.05 Å². The zero-order chi connectivity index (χ0) is 14.0. The summed E-state index contributed by atoms with van der Waals surface area (Å²) in [4.78, 5) is 17.0. The Morgan fingerprint density at radius 2 is 2.16 bits per heavy atom. The molecule has 2 heterocycles. The van der Waals surface area contributed by atoms with Gasteiger partial charge in [0.1, 0.15) is 5.69 Å². The molecule has 0 spiro atoms. The lowest BCUT2D eigenvalue weighted by molar-refractivity contribution is 0.0800. The maximum Gasteiger partial charge on any atom is 0.186 e. The molecule has 1 atom stereocenters. The third kappa shape index (κ3) is 2.96. The summed E-state index contributed by atoms with van der Waals surface area (Å²) < 4.78 is 6.79. The number of hydrogen-bond acceptors (Lipinski definition) is 5. The lowest BCUT2D eigenvalue weighted by Crippen LogP contribution is -2.50. The Balaban J connectivity index is 2.10. The largest absolute Gasteiger partial charge is 0.493 e. The van der Waals surface area contributed by atoms with E-state index in [-0.39, 0.29) is 11.8 Å². The minimum atomic E-state index is 0.0870. The number of hydrogen-bond donors (Lipinski definition) is 0. The van der Waals surface area contributed by atoms with Gasteiger partial charge < -0.3 is 14.5 Å². The molecule has 0 aliphatic carbocycles. The van der Waals surface area contributed by atoms with Gasteiger partial charge in [-0.3, -0.25) is 9.48 Å². The highest BCUT2D eigenvalue weighted by Crippen LogP contribution is 2.20. The molecule has 0 aromatic carbocycles. The molecule has 0 saturated carbocycles. The molecule has 19 heavy (non-hydrogen) atoms. The van der Waals surface area contributed by atoms with E-state index in [4.69, 9.17) is 4.74 Å². The van der Waals surface area contributed by atoms with E-state index in [1.54, 1.807) is 25.0 Å². The Morgan fingerprint density at radius 3 is 2.84 bits per heavy atom. The summed E-state index contributed by atoms with van der Waals surface area (Å²) in [7, 11) is 7.50. The number of carbonyl (C=O) groups is 1. The van der Waals surface area contributed by atoms with Crippen LogP contribution in [0.25, 0.3) is 0 Å². The van der Waals surface area contributed by atoms with E-state index in [0.717, 1.165) is 19.6 Å². The van der Waals surface area contributed by atoms with Gasteiger partial charge in [0.05, 0.1) is 13.3 Å². The van der Waals surface area contributed by atoms with E-state index >= 15 is 0 Å². The van der Waals surface area contributed by atoms with Gasteiger partial charge in [0.15, 0.2) is 11.5 Å². The predicted molar refractivity (Wildman–Crippen MR) is 72.6 cm³/mol. The number of likely N-dealkylation sites (N-methyl/N-ethyl adjacent to an activating group) is 2. The van der Waals surface area contributed by atoms with Gasteiger partial charge in [-0.15, -0.1) is 0 Å². The third-order valence-corrected chi connectivity index (χ3v) is 3.79. The second kappa shape index (κ2) is 5.71. The van der Waals surface area contributed by atoms with Crippen LogP contribution in [0.1, 0.15) is 16.9 Å². The molecule has 1 unspecified atom stereocenters. The number of piperazine rings is 1. The van der Waals surface area contributed by atoms with Crippen molar-refractivity contribution in [3.63, 3.8) is 0 Å². The number of carbonyl (C=O) groups excluding carboxylic acids is 1. The molecule has 1 aliphatic heterocycles. The molecule has 1 fully saturated rings. The van der Waals surface area contributed by atoms with Crippen molar-refractivity contribution in [3.8, 4) is 5.75 Å². The van der Waals surface area contributed by atoms with E-state index in [0.29, 0.717) is 17.9 Å². The molecular weight excluding hydrogens is 244 g/mol. The van der Waals surface area contributed by atoms with E-state index in [2.05, 4.69) is 29.0 Å². The van der Waals surface area contributed by atoms with Crippen molar-refractivity contribution in [3.05, 3.63) is 11.9 Å². The Kier molecular flexibility index (Phi) is 4.21. The van der Waals surface area contributed by atoms with Crippen LogP contribution in [0.3, 0.4) is 0 Å². The average molecular weight is 266 g/mol. The number of nitrogens with zero attached hydrogens (tertiary/aromatic N) is 4. The minimum Gasteiger partial charge on any atom is -0.493 e. The number of aromatic nitrogens is 2. The zero-order valence-corrected chi connectivity index (χ0v) is 12.1. The van der Waals surface area contributed by atoms with Crippen LogP contribution in [0.5, 0.6) is 5.75 Å². The van der Waals surface area contributed by atoms with E-state index in [9.17, 15) is 4.79 Å². The number of ketones is 1. The molecule has 0 amide bonds. The van der Waals surface area contributed by atoms with Gasteiger partial charge in [-0.25, -0.2) is 0 Å². The fourth-order valence-electron chi connectivity index (χ4n) is 2.52. The number of Topliss-reactive ketones (excluding diaryl/α,β-unsaturated/α-hetero) is 1. The molecule has 6 nitrogen and oxygen atoms in total. The average Bonchev–Trinajstić information content (AvgIpc) is 2.75. The molecular formula is C13H22N4O2. The summed E-state index contributed by atoms with van der Waals surface area (Å²) in [6, 6.07) is 0.255. The van der Waals surface area contributed by atoms with Crippen LogP contribution in [0.15, 0.2) is 6.20 Å². The first-order chi connectivity index (χ1) is 9.02. The van der Waals surface area contributed by atoms with Gasteiger partial charge >= 0.3 is 0 Å². The second-order valence-electron chi connectivity index (χ2n) is 5.21. The van der Waals surface area contributed by atoms with Gasteiger partial charge in [-0.1, -0.05) is 0 Å². The highest BCUT2D eigenvalue weighted by Gasteiger charge is 2.27. The molecule has 0 bridgehead atoms. The Morgan fingerprint density at radius 1 is 1.42 bits per heavy atom. The SMILES string of the molecule is COc1cnn(C)c1C(=O)CC1CN(C)CCN1C. The van der Waals surface area contributed by atoms with Crippen molar-refractivity contribution in [1.29, 1.82) is 0 Å². The van der Waals surface area contributed by atoms with E-state index in [1.165, 1.54) is 0 Å². The van der Waals surface area contributed by atoms with E-state index < -0.39 is 0 Å². The number of ether oxygens (including phenoxy) is 1. The minimum absolute atomic E-state index is 0.0870. The third-order valence-electron chi connectivity index (χ3n) is 3.79. The molecule has 6 heteroatoms. The van der Waals surface area contributed by atoms with Crippen LogP contribution in [0.4, 0.5) is 0 Å². The van der Waals surface area contributed by atoms with Crippen molar-refractivity contribution >= 4 is 5.78 Å². The number of rotatable bonds is 4. The van der Waals surface area contributed by atoms with Crippen molar-refractivity contribution < 1.29 is 9.53 Å². The second-order valence-corrected chi connectivity index (χ2v) is 5.21. The van der Waals surface area contributed by atoms with Crippen molar-refractivity contribution in [1.82, 2.24) is 19.6 Å². The monoisotopic (exact) mass is 266 g/mol. The maximum atomic E-state index is 12.4. The summed E-state index contributed by atoms with van der Waals surface area (Å²) in [5.41, 5.74) is 0.559. The van der Waals surface area contributed by atoms with Crippen LogP contribution in [0.2, 0.25) is 0 Å². The zero-order valence-electron chi connectivity index (χ0n) is 12.1. The molecule has 1 aromatic rings. The fourth-order valence-corrected chi connectivity index (χ4v) is 2.52. The first-order valence-corrected chi connectivity index (χ1v) is 6.51. The van der Waals surface area contributed by atoms with Crippen molar-refractivity contribution in [2.45, 2.75) is 12.5 Å². The number of methoxy groups -OCH3 is 1. The summed E-state index contributed by atoms with van der Waals surface area (Å²) >= 11 is 0. The predicted octanol–water partition coefficient (Wildman–Crippen LogP) is 0.247. The lowest BCUT2D eigenvalue weighted by Gasteiger charge is -2.37. The standard InChI is InChI=1S/C13H22N4O2/c1-15-5-6-16(2)10(9-15)7-11(18)13-12(19-4)8-14-17(13)3/h8,10H,5-7,9H2,1-4H3. The number of aryl methyl sites for hydroxylation is 1. The molecule has 0 N–H and O–H groups in total. The molecule has 1 aliphatic rings. The van der Waals surface area contributed by atoms with Crippen molar-refractivity contribution in [2.75, 3.05) is 40.8 Å². The van der Waals surface area contributed by atoms with Gasteiger partial charge in [0, 0.05) is 39.1 Å². The highest BCUT2D eigenvalue weighted by atomic mass is 16.5. The Hall–Kier alpha value is -1.40. The summed E-state index contributed by atoms with van der Waals surface area (Å²) in [5, 5.41) is 4.08. The van der Waals surface area contributed by atoms with Crippen LogP contribution in [-0.4, -0.2) is 72.2 Å². The van der Waals surface area contributed by atoms with Crippen molar-refractivity contribution in [2.24, 2.45) is 7.05 Å². The smallest absolute Gasteiger partial charge is 0.186 e. The van der Waals surface area contributed by atoms with Crippen LogP contribution in [0, 0.1) is 0 Å². The van der Waals surface area contributed by atoms with Gasteiger partial charge in [0.25, 0.3) is 0 Å². The first-order valence-electron chi connectivity index (χ1n) is 6.51. The topological polar surface area (TPSA) is 50.6 Å². The summed E-state index contributed by atoms with van der Waals surface area (Å²) in [5.74, 6) is 0.642. The molecule has 1 aromatic heterocycles. The Labute approximate surface area is 113 Å². The van der Waals surface area contributed by atoms with Gasteiger partial charge in [0.2, 0.25) is 0 Å². The molecule has 2 rings (SSSR count). The molecule has 1 saturated heterocycles. The van der Waals surface area contributed by atoms with Crippen LogP contribution < -0.4 is 4.74 Å². The molecule has 106 valence electrons. The lowest BCUT2D eigenvalue weighted by atomic mass is 10.0. The van der Waals surface area contributed by atoms with E-state index in [1.807, 2.05) is 0 Å². The quantitative estimate of drug-likeness (QED) is 0.731. The Bertz CT molecular complexity index is 457. The normalized spacial score (nSPS) is 21.6. The first kappa shape index (κ1) is 14.0.